The molecule has 0 atom stereocenters. The lowest BCUT2D eigenvalue weighted by Crippen LogP contribution is -2.25. The number of hydrogen-bond donors (Lipinski definition) is 1. The number of hydrogen-bond acceptors (Lipinski definition) is 4. The lowest BCUT2D eigenvalue weighted by Gasteiger charge is -2.38. The van der Waals surface area contributed by atoms with E-state index in [1.807, 2.05) is 12.1 Å². The topological polar surface area (TPSA) is 47.9 Å². The molecule has 2 aromatic rings. The second-order valence-corrected chi connectivity index (χ2v) is 12.2. The molecule has 4 nitrogen and oxygen atoms in total. The lowest BCUT2D eigenvalue weighted by atomic mass is 9.68. The first kappa shape index (κ1) is 30.8. The van der Waals surface area contributed by atoms with E-state index < -0.39 is 0 Å². The van der Waals surface area contributed by atoms with Crippen LogP contribution in [-0.4, -0.2) is 38.3 Å². The average molecular weight is 549 g/mol. The number of benzene rings is 2. The van der Waals surface area contributed by atoms with Gasteiger partial charge in [-0.15, -0.1) is 0 Å². The molecule has 2 fully saturated rings. The van der Waals surface area contributed by atoms with Crippen molar-refractivity contribution in [3.8, 4) is 16.9 Å². The maximum Gasteiger partial charge on any atom is 0.147 e. The van der Waals surface area contributed by atoms with Crippen molar-refractivity contribution < 1.29 is 19.3 Å². The molecule has 2 aromatic carbocycles. The molecule has 1 N–H and O–H groups in total. The predicted molar refractivity (Wildman–Crippen MR) is 165 cm³/mol. The highest BCUT2D eigenvalue weighted by atomic mass is 16.7. The zero-order valence-corrected chi connectivity index (χ0v) is 24.8. The summed E-state index contributed by atoms with van der Waals surface area (Å²) < 4.78 is 16.4. The summed E-state index contributed by atoms with van der Waals surface area (Å²) in [6.07, 6.45) is 17.3. The number of unbranched alkanes of at least 4 members (excludes halogenated alkanes) is 2. The van der Waals surface area contributed by atoms with Crippen LogP contribution in [0.15, 0.2) is 60.7 Å². The van der Waals surface area contributed by atoms with Crippen LogP contribution in [0.2, 0.25) is 0 Å². The first-order valence-electron chi connectivity index (χ1n) is 15.9. The normalized spacial score (nSPS) is 23.1. The molecule has 0 aliphatic heterocycles. The molecule has 0 heterocycles. The SMILES string of the molecule is C=C(CO)COCOCCOc1ccc(-c2ccc(C3CCC(C4CCC(CCCCC)CC4)CC3)cc2)cc1. The summed E-state index contributed by atoms with van der Waals surface area (Å²) in [5.74, 6) is 4.57. The molecule has 0 bridgehead atoms. The quantitative estimate of drug-likeness (QED) is 0.129. The van der Waals surface area contributed by atoms with Crippen LogP contribution in [0.1, 0.15) is 95.5 Å². The van der Waals surface area contributed by atoms with Crippen LogP contribution >= 0.6 is 0 Å². The zero-order chi connectivity index (χ0) is 28.0. The minimum absolute atomic E-state index is 0.0653. The molecule has 4 heteroatoms. The molecule has 0 aromatic heterocycles. The molecule has 220 valence electrons. The van der Waals surface area contributed by atoms with Gasteiger partial charge in [0.2, 0.25) is 0 Å². The predicted octanol–water partition coefficient (Wildman–Crippen LogP) is 8.93. The van der Waals surface area contributed by atoms with E-state index in [1.165, 1.54) is 93.7 Å². The van der Waals surface area contributed by atoms with Crippen LogP contribution in [0, 0.1) is 17.8 Å². The van der Waals surface area contributed by atoms with E-state index in [0.29, 0.717) is 25.4 Å². The van der Waals surface area contributed by atoms with Gasteiger partial charge in [0.15, 0.2) is 0 Å². The Morgan fingerprint density at radius 2 is 1.40 bits per heavy atom. The number of ether oxygens (including phenoxy) is 3. The molecule has 0 amide bonds. The molecule has 2 aliphatic rings. The van der Waals surface area contributed by atoms with Crippen molar-refractivity contribution in [1.82, 2.24) is 0 Å². The third-order valence-electron chi connectivity index (χ3n) is 9.31. The van der Waals surface area contributed by atoms with Crippen LogP contribution in [0.25, 0.3) is 11.1 Å². The molecule has 4 rings (SSSR count). The molecular formula is C36H52O4. The van der Waals surface area contributed by atoms with Crippen molar-refractivity contribution in [2.75, 3.05) is 33.2 Å². The van der Waals surface area contributed by atoms with E-state index in [2.05, 4.69) is 49.9 Å². The summed E-state index contributed by atoms with van der Waals surface area (Å²) in [5.41, 5.74) is 4.62. The second kappa shape index (κ2) is 17.0. The van der Waals surface area contributed by atoms with Crippen molar-refractivity contribution in [3.63, 3.8) is 0 Å². The summed E-state index contributed by atoms with van der Waals surface area (Å²) in [6, 6.07) is 17.6. The van der Waals surface area contributed by atoms with Gasteiger partial charge in [-0.2, -0.15) is 0 Å². The molecule has 0 unspecified atom stereocenters. The van der Waals surface area contributed by atoms with E-state index in [4.69, 9.17) is 19.3 Å². The Labute approximate surface area is 243 Å². The van der Waals surface area contributed by atoms with Gasteiger partial charge in [0.05, 0.1) is 19.8 Å². The molecule has 40 heavy (non-hydrogen) atoms. The van der Waals surface area contributed by atoms with Gasteiger partial charge in [0.25, 0.3) is 0 Å². The van der Waals surface area contributed by atoms with Crippen LogP contribution in [0.4, 0.5) is 0 Å². The molecular weight excluding hydrogens is 496 g/mol. The maximum atomic E-state index is 8.89. The van der Waals surface area contributed by atoms with Gasteiger partial charge in [0, 0.05) is 0 Å². The Hall–Kier alpha value is -2.14. The Balaban J connectivity index is 1.14. The van der Waals surface area contributed by atoms with E-state index in [0.717, 1.165) is 29.4 Å². The molecule has 0 saturated heterocycles. The number of aliphatic hydroxyl groups is 1. The van der Waals surface area contributed by atoms with Gasteiger partial charge in [-0.1, -0.05) is 88.4 Å². The van der Waals surface area contributed by atoms with E-state index in [-0.39, 0.29) is 13.4 Å². The van der Waals surface area contributed by atoms with E-state index in [9.17, 15) is 0 Å². The van der Waals surface area contributed by atoms with E-state index in [1.54, 1.807) is 0 Å². The van der Waals surface area contributed by atoms with Gasteiger partial charge < -0.3 is 19.3 Å². The van der Waals surface area contributed by atoms with Gasteiger partial charge in [-0.05, 0) is 96.6 Å². The van der Waals surface area contributed by atoms with Gasteiger partial charge in [-0.3, -0.25) is 0 Å². The Kier molecular flexibility index (Phi) is 13.1. The van der Waals surface area contributed by atoms with Crippen molar-refractivity contribution in [2.24, 2.45) is 17.8 Å². The monoisotopic (exact) mass is 548 g/mol. The van der Waals surface area contributed by atoms with Crippen LogP contribution in [0.5, 0.6) is 5.75 Å². The fraction of sp³-hybridized carbons (Fsp3) is 0.611. The van der Waals surface area contributed by atoms with Crippen molar-refractivity contribution >= 4 is 0 Å². The highest BCUT2D eigenvalue weighted by Gasteiger charge is 2.31. The average Bonchev–Trinajstić information content (AvgIpc) is 3.01. The summed E-state index contributed by atoms with van der Waals surface area (Å²) >= 11 is 0. The zero-order valence-electron chi connectivity index (χ0n) is 24.8. The van der Waals surface area contributed by atoms with Crippen LogP contribution in [-0.2, 0) is 9.47 Å². The summed E-state index contributed by atoms with van der Waals surface area (Å²) in [4.78, 5) is 0. The smallest absolute Gasteiger partial charge is 0.147 e. The Bertz CT molecular complexity index is 967. The highest BCUT2D eigenvalue weighted by Crippen LogP contribution is 2.44. The Morgan fingerprint density at radius 3 is 2.02 bits per heavy atom. The minimum Gasteiger partial charge on any atom is -0.491 e. The second-order valence-electron chi connectivity index (χ2n) is 12.2. The fourth-order valence-electron chi connectivity index (χ4n) is 6.81. The number of rotatable bonds is 16. The van der Waals surface area contributed by atoms with Gasteiger partial charge in [0.1, 0.15) is 19.1 Å². The van der Waals surface area contributed by atoms with Crippen molar-refractivity contribution in [3.05, 3.63) is 66.2 Å². The van der Waals surface area contributed by atoms with Crippen LogP contribution < -0.4 is 4.74 Å². The number of aliphatic hydroxyl groups excluding tert-OH is 1. The largest absolute Gasteiger partial charge is 0.491 e. The van der Waals surface area contributed by atoms with Gasteiger partial charge in [-0.25, -0.2) is 0 Å². The van der Waals surface area contributed by atoms with Crippen molar-refractivity contribution in [1.29, 1.82) is 0 Å². The van der Waals surface area contributed by atoms with E-state index >= 15 is 0 Å². The van der Waals surface area contributed by atoms with Gasteiger partial charge >= 0.3 is 0 Å². The molecule has 2 aliphatic carbocycles. The maximum absolute atomic E-state index is 8.89. The summed E-state index contributed by atoms with van der Waals surface area (Å²) in [7, 11) is 0. The standard InChI is InChI=1S/C36H52O4/c1-3-4-5-6-29-7-9-30(10-8-29)31-11-13-32(14-12-31)33-15-17-34(18-16-33)35-19-21-36(22-20-35)40-24-23-38-27-39-26-28(2)25-37/h15-22,29-32,37H,2-14,23-27H2,1H3. The third kappa shape index (κ3) is 9.75. The molecule has 0 radical (unpaired) electrons. The minimum atomic E-state index is -0.0653. The third-order valence-corrected chi connectivity index (χ3v) is 9.31. The first-order valence-corrected chi connectivity index (χ1v) is 15.9. The molecule has 2 saturated carbocycles. The first-order chi connectivity index (χ1) is 19.7. The van der Waals surface area contributed by atoms with Crippen molar-refractivity contribution in [2.45, 2.75) is 89.9 Å². The lowest BCUT2D eigenvalue weighted by molar-refractivity contribution is -0.0541. The summed E-state index contributed by atoms with van der Waals surface area (Å²) in [6.45, 7) is 7.30. The Morgan fingerprint density at radius 1 is 0.775 bits per heavy atom. The fourth-order valence-corrected chi connectivity index (χ4v) is 6.81. The highest BCUT2D eigenvalue weighted by molar-refractivity contribution is 5.64. The van der Waals surface area contributed by atoms with Crippen LogP contribution in [0.3, 0.4) is 0 Å². The summed E-state index contributed by atoms with van der Waals surface area (Å²) in [5, 5.41) is 8.89. The molecule has 0 spiro atoms.